The standard InChI is InChI=1S/C18H25N3O2/c1-12(2)16-11-21(17-7-5-4-6-15(17)19-16)18(23)14-8-9-20(10-14)13(3)22/h4-7,12,14,16,19H,8-11H2,1-3H3/t14-,16-/m1/s1. The maximum absolute atomic E-state index is 13.1. The SMILES string of the molecule is CC(=O)N1CC[C@@H](C(=O)N2C[C@H](C(C)C)Nc3ccccc32)C1. The smallest absolute Gasteiger partial charge is 0.232 e. The van der Waals surface area contributed by atoms with Gasteiger partial charge in [0.2, 0.25) is 11.8 Å². The highest BCUT2D eigenvalue weighted by Gasteiger charge is 2.36. The molecule has 2 aliphatic heterocycles. The number of hydrogen-bond donors (Lipinski definition) is 1. The Morgan fingerprint density at radius 1 is 1.22 bits per heavy atom. The van der Waals surface area contributed by atoms with Crippen molar-refractivity contribution >= 4 is 23.2 Å². The first-order chi connectivity index (χ1) is 11.0. The summed E-state index contributed by atoms with van der Waals surface area (Å²) in [6, 6.07) is 8.23. The summed E-state index contributed by atoms with van der Waals surface area (Å²) < 4.78 is 0. The van der Waals surface area contributed by atoms with Crippen molar-refractivity contribution < 1.29 is 9.59 Å². The van der Waals surface area contributed by atoms with Crippen LogP contribution in [0.25, 0.3) is 0 Å². The van der Waals surface area contributed by atoms with Gasteiger partial charge < -0.3 is 15.1 Å². The van der Waals surface area contributed by atoms with E-state index in [9.17, 15) is 9.59 Å². The first kappa shape index (κ1) is 15.8. The maximum Gasteiger partial charge on any atom is 0.232 e. The minimum absolute atomic E-state index is 0.0565. The number of nitrogens with one attached hydrogen (secondary N) is 1. The van der Waals surface area contributed by atoms with E-state index in [0.717, 1.165) is 17.8 Å². The first-order valence-corrected chi connectivity index (χ1v) is 8.40. The number of para-hydroxylation sites is 2. The number of benzene rings is 1. The molecule has 1 fully saturated rings. The Labute approximate surface area is 137 Å². The molecule has 2 aliphatic rings. The Hall–Kier alpha value is -2.04. The lowest BCUT2D eigenvalue weighted by Gasteiger charge is -2.38. The molecule has 5 heteroatoms. The third-order valence-corrected chi connectivity index (χ3v) is 4.97. The van der Waals surface area contributed by atoms with E-state index in [4.69, 9.17) is 0 Å². The number of likely N-dealkylation sites (tertiary alicyclic amines) is 1. The summed E-state index contributed by atoms with van der Waals surface area (Å²) in [5.74, 6) is 0.559. The summed E-state index contributed by atoms with van der Waals surface area (Å²) in [7, 11) is 0. The van der Waals surface area contributed by atoms with Crippen molar-refractivity contribution in [3.63, 3.8) is 0 Å². The van der Waals surface area contributed by atoms with Crippen molar-refractivity contribution in [3.05, 3.63) is 24.3 Å². The van der Waals surface area contributed by atoms with Crippen LogP contribution in [0.1, 0.15) is 27.2 Å². The summed E-state index contributed by atoms with van der Waals surface area (Å²) in [4.78, 5) is 28.3. The quantitative estimate of drug-likeness (QED) is 0.911. The van der Waals surface area contributed by atoms with E-state index in [-0.39, 0.29) is 23.8 Å². The zero-order chi connectivity index (χ0) is 16.6. The van der Waals surface area contributed by atoms with E-state index in [1.165, 1.54) is 0 Å². The van der Waals surface area contributed by atoms with Crippen molar-refractivity contribution in [2.45, 2.75) is 33.2 Å². The van der Waals surface area contributed by atoms with Gasteiger partial charge in [-0.05, 0) is 24.5 Å². The van der Waals surface area contributed by atoms with Crippen molar-refractivity contribution in [3.8, 4) is 0 Å². The van der Waals surface area contributed by atoms with Crippen molar-refractivity contribution in [1.29, 1.82) is 0 Å². The Morgan fingerprint density at radius 2 is 1.96 bits per heavy atom. The molecular formula is C18H25N3O2. The summed E-state index contributed by atoms with van der Waals surface area (Å²) >= 11 is 0. The molecule has 0 radical (unpaired) electrons. The van der Waals surface area contributed by atoms with Gasteiger partial charge in [0.05, 0.1) is 17.3 Å². The number of nitrogens with zero attached hydrogens (tertiary/aromatic N) is 2. The number of amides is 2. The van der Waals surface area contributed by atoms with Crippen LogP contribution in [-0.2, 0) is 9.59 Å². The van der Waals surface area contributed by atoms with Crippen LogP contribution in [0.3, 0.4) is 0 Å². The monoisotopic (exact) mass is 315 g/mol. The number of carbonyl (C=O) groups is 2. The molecule has 1 N–H and O–H groups in total. The highest BCUT2D eigenvalue weighted by atomic mass is 16.2. The number of hydrogen-bond acceptors (Lipinski definition) is 3. The fourth-order valence-electron chi connectivity index (χ4n) is 3.43. The normalized spacial score (nSPS) is 23.7. The summed E-state index contributed by atoms with van der Waals surface area (Å²) in [5.41, 5.74) is 1.97. The summed E-state index contributed by atoms with van der Waals surface area (Å²) in [5, 5.41) is 3.54. The molecule has 23 heavy (non-hydrogen) atoms. The van der Waals surface area contributed by atoms with Crippen LogP contribution in [-0.4, -0.2) is 42.4 Å². The zero-order valence-corrected chi connectivity index (χ0v) is 14.1. The van der Waals surface area contributed by atoms with Gasteiger partial charge in [-0.2, -0.15) is 0 Å². The Balaban J connectivity index is 1.83. The number of anilines is 2. The average Bonchev–Trinajstić information content (AvgIpc) is 3.03. The van der Waals surface area contributed by atoms with Crippen LogP contribution >= 0.6 is 0 Å². The number of rotatable bonds is 2. The van der Waals surface area contributed by atoms with E-state index >= 15 is 0 Å². The fourth-order valence-corrected chi connectivity index (χ4v) is 3.43. The molecule has 2 heterocycles. The van der Waals surface area contributed by atoms with Crippen LogP contribution in [0.15, 0.2) is 24.3 Å². The van der Waals surface area contributed by atoms with Gasteiger partial charge in [0.15, 0.2) is 0 Å². The van der Waals surface area contributed by atoms with Crippen molar-refractivity contribution in [2.24, 2.45) is 11.8 Å². The Bertz CT molecular complexity index is 614. The lowest BCUT2D eigenvalue weighted by Crippen LogP contribution is -2.49. The van der Waals surface area contributed by atoms with Crippen LogP contribution in [0.4, 0.5) is 11.4 Å². The zero-order valence-electron chi connectivity index (χ0n) is 14.1. The lowest BCUT2D eigenvalue weighted by molar-refractivity contribution is -0.128. The third-order valence-electron chi connectivity index (χ3n) is 4.97. The van der Waals surface area contributed by atoms with E-state index in [0.29, 0.717) is 25.6 Å². The number of carbonyl (C=O) groups excluding carboxylic acids is 2. The predicted molar refractivity (Wildman–Crippen MR) is 91.4 cm³/mol. The molecule has 0 bridgehead atoms. The van der Waals surface area contributed by atoms with Crippen LogP contribution in [0.2, 0.25) is 0 Å². The predicted octanol–water partition coefficient (Wildman–Crippen LogP) is 2.34. The molecule has 5 nitrogen and oxygen atoms in total. The van der Waals surface area contributed by atoms with Gasteiger partial charge >= 0.3 is 0 Å². The highest BCUT2D eigenvalue weighted by molar-refractivity contribution is 5.99. The summed E-state index contributed by atoms with van der Waals surface area (Å²) in [6.45, 7) is 7.83. The van der Waals surface area contributed by atoms with Crippen LogP contribution < -0.4 is 10.2 Å². The second kappa shape index (κ2) is 6.22. The second-order valence-corrected chi connectivity index (χ2v) is 6.91. The fraction of sp³-hybridized carbons (Fsp3) is 0.556. The summed E-state index contributed by atoms with van der Waals surface area (Å²) in [6.07, 6.45) is 0.761. The molecule has 3 rings (SSSR count). The molecule has 0 unspecified atom stereocenters. The lowest BCUT2D eigenvalue weighted by atomic mass is 9.98. The molecule has 1 saturated heterocycles. The van der Waals surface area contributed by atoms with Crippen LogP contribution in [0.5, 0.6) is 0 Å². The Morgan fingerprint density at radius 3 is 2.61 bits per heavy atom. The molecule has 0 saturated carbocycles. The van der Waals surface area contributed by atoms with Crippen molar-refractivity contribution in [2.75, 3.05) is 29.9 Å². The van der Waals surface area contributed by atoms with Gasteiger partial charge in [0, 0.05) is 32.6 Å². The molecule has 0 spiro atoms. The maximum atomic E-state index is 13.1. The minimum Gasteiger partial charge on any atom is -0.379 e. The average molecular weight is 315 g/mol. The molecule has 0 aromatic heterocycles. The van der Waals surface area contributed by atoms with Gasteiger partial charge in [-0.3, -0.25) is 9.59 Å². The molecule has 1 aromatic carbocycles. The van der Waals surface area contributed by atoms with Gasteiger partial charge in [-0.1, -0.05) is 26.0 Å². The first-order valence-electron chi connectivity index (χ1n) is 8.40. The topological polar surface area (TPSA) is 52.7 Å². The van der Waals surface area contributed by atoms with E-state index in [1.54, 1.807) is 11.8 Å². The van der Waals surface area contributed by atoms with Gasteiger partial charge in [-0.15, -0.1) is 0 Å². The van der Waals surface area contributed by atoms with Crippen molar-refractivity contribution in [1.82, 2.24) is 4.90 Å². The second-order valence-electron chi connectivity index (χ2n) is 6.91. The van der Waals surface area contributed by atoms with Gasteiger partial charge in [-0.25, -0.2) is 0 Å². The largest absolute Gasteiger partial charge is 0.379 e. The molecule has 1 aromatic rings. The molecular weight excluding hydrogens is 290 g/mol. The molecule has 0 aliphatic carbocycles. The highest BCUT2D eigenvalue weighted by Crippen LogP contribution is 2.34. The van der Waals surface area contributed by atoms with Gasteiger partial charge in [0.25, 0.3) is 0 Å². The molecule has 2 atom stereocenters. The molecule has 2 amide bonds. The van der Waals surface area contributed by atoms with Crippen LogP contribution in [0, 0.1) is 11.8 Å². The minimum atomic E-state index is -0.0853. The molecule has 124 valence electrons. The van der Waals surface area contributed by atoms with Gasteiger partial charge in [0.1, 0.15) is 0 Å². The number of fused-ring (bicyclic) bond motifs is 1. The Kier molecular flexibility index (Phi) is 4.28. The van der Waals surface area contributed by atoms with E-state index in [2.05, 4.69) is 19.2 Å². The van der Waals surface area contributed by atoms with E-state index in [1.807, 2.05) is 29.2 Å². The third kappa shape index (κ3) is 3.05. The van der Waals surface area contributed by atoms with E-state index < -0.39 is 0 Å².